The normalized spacial score (nSPS) is 10.5. The van der Waals surface area contributed by atoms with Crippen LogP contribution in [-0.4, -0.2) is 35.5 Å². The third-order valence-corrected chi connectivity index (χ3v) is 3.54. The molecule has 0 atom stereocenters. The zero-order valence-corrected chi connectivity index (χ0v) is 12.6. The summed E-state index contributed by atoms with van der Waals surface area (Å²) in [5, 5.41) is 0. The second-order valence-electron chi connectivity index (χ2n) is 4.79. The lowest BCUT2D eigenvalue weighted by atomic mass is 9.98. The van der Waals surface area contributed by atoms with Crippen molar-refractivity contribution in [3.63, 3.8) is 0 Å². The summed E-state index contributed by atoms with van der Waals surface area (Å²) in [7, 11) is 2.54. The number of carbonyl (C=O) groups excluding carboxylic acids is 2. The van der Waals surface area contributed by atoms with Crippen molar-refractivity contribution in [3.8, 4) is 11.1 Å². The van der Waals surface area contributed by atoms with Crippen molar-refractivity contribution in [1.29, 1.82) is 0 Å². The molecule has 0 bridgehead atoms. The Hall–Kier alpha value is -3.15. The van der Waals surface area contributed by atoms with E-state index >= 15 is 0 Å². The number of methoxy groups -OCH3 is 2. The van der Waals surface area contributed by atoms with Gasteiger partial charge in [0.15, 0.2) is 0 Å². The lowest BCUT2D eigenvalue weighted by molar-refractivity contribution is 0.0549. The van der Waals surface area contributed by atoms with Crippen LogP contribution >= 0.6 is 0 Å². The molecule has 2 heterocycles. The Kier molecular flexibility index (Phi) is 3.80. The maximum absolute atomic E-state index is 12.4. The van der Waals surface area contributed by atoms with Gasteiger partial charge in [0.25, 0.3) is 0 Å². The third kappa shape index (κ3) is 2.44. The number of pyridine rings is 1. The Labute approximate surface area is 132 Å². The molecular weight excluding hydrogens is 296 g/mol. The molecule has 6 nitrogen and oxygen atoms in total. The second kappa shape index (κ2) is 5.92. The molecule has 0 aliphatic carbocycles. The van der Waals surface area contributed by atoms with E-state index in [0.29, 0.717) is 11.2 Å². The van der Waals surface area contributed by atoms with Gasteiger partial charge in [0, 0.05) is 18.0 Å². The molecule has 0 saturated carbocycles. The van der Waals surface area contributed by atoms with E-state index in [1.165, 1.54) is 18.6 Å². The minimum atomic E-state index is -0.633. The summed E-state index contributed by atoms with van der Waals surface area (Å²) in [6.45, 7) is 0. The number of esters is 2. The minimum Gasteiger partial charge on any atom is -0.465 e. The summed E-state index contributed by atoms with van der Waals surface area (Å²) in [6, 6.07) is 11.0. The van der Waals surface area contributed by atoms with Gasteiger partial charge in [-0.25, -0.2) is 14.6 Å². The minimum absolute atomic E-state index is 0.0909. The highest BCUT2D eigenvalue weighted by atomic mass is 16.5. The maximum atomic E-state index is 12.4. The zero-order chi connectivity index (χ0) is 16.4. The largest absolute Gasteiger partial charge is 0.465 e. The van der Waals surface area contributed by atoms with Crippen LogP contribution in [0.25, 0.3) is 16.8 Å². The number of aromatic nitrogens is 2. The van der Waals surface area contributed by atoms with Gasteiger partial charge in [0.1, 0.15) is 11.3 Å². The number of nitrogens with zero attached hydrogens (tertiary/aromatic N) is 2. The van der Waals surface area contributed by atoms with Crippen molar-refractivity contribution in [2.24, 2.45) is 0 Å². The smallest absolute Gasteiger partial charge is 0.356 e. The van der Waals surface area contributed by atoms with Gasteiger partial charge in [-0.1, -0.05) is 30.3 Å². The highest BCUT2D eigenvalue weighted by Crippen LogP contribution is 2.29. The van der Waals surface area contributed by atoms with Crippen LogP contribution in [0.3, 0.4) is 0 Å². The van der Waals surface area contributed by atoms with Crippen molar-refractivity contribution < 1.29 is 19.1 Å². The molecule has 0 unspecified atom stereocenters. The van der Waals surface area contributed by atoms with Gasteiger partial charge in [-0.15, -0.1) is 0 Å². The fourth-order valence-electron chi connectivity index (χ4n) is 2.51. The molecule has 23 heavy (non-hydrogen) atoms. The number of hydrogen-bond donors (Lipinski definition) is 0. The molecule has 3 aromatic rings. The summed E-state index contributed by atoms with van der Waals surface area (Å²) < 4.78 is 11.2. The van der Waals surface area contributed by atoms with Crippen molar-refractivity contribution >= 4 is 17.6 Å². The van der Waals surface area contributed by atoms with Crippen LogP contribution in [0.2, 0.25) is 0 Å². The summed E-state index contributed by atoms with van der Waals surface area (Å²) in [5.74, 6) is -1.24. The van der Waals surface area contributed by atoms with E-state index < -0.39 is 11.9 Å². The first-order chi connectivity index (χ1) is 11.2. The molecule has 1 aromatic carbocycles. The molecule has 116 valence electrons. The Morgan fingerprint density at radius 2 is 1.74 bits per heavy atom. The van der Waals surface area contributed by atoms with Gasteiger partial charge in [-0.3, -0.25) is 4.40 Å². The van der Waals surface area contributed by atoms with E-state index in [1.54, 1.807) is 18.5 Å². The molecule has 0 N–H and O–H groups in total. The molecule has 0 fully saturated rings. The van der Waals surface area contributed by atoms with E-state index in [0.717, 1.165) is 5.56 Å². The van der Waals surface area contributed by atoms with Crippen LogP contribution in [-0.2, 0) is 9.47 Å². The lowest BCUT2D eigenvalue weighted by Crippen LogP contribution is -2.17. The summed E-state index contributed by atoms with van der Waals surface area (Å²) in [5.41, 5.74) is 2.13. The maximum Gasteiger partial charge on any atom is 0.356 e. The van der Waals surface area contributed by atoms with Crippen molar-refractivity contribution in [1.82, 2.24) is 9.38 Å². The molecular formula is C17H14N2O4. The molecule has 0 amide bonds. The number of rotatable bonds is 3. The van der Waals surface area contributed by atoms with Gasteiger partial charge >= 0.3 is 11.9 Å². The molecule has 0 aliphatic heterocycles. The average molecular weight is 310 g/mol. The fourth-order valence-corrected chi connectivity index (χ4v) is 2.51. The highest BCUT2D eigenvalue weighted by molar-refractivity contribution is 6.07. The zero-order valence-electron chi connectivity index (χ0n) is 12.6. The molecule has 0 saturated heterocycles. The van der Waals surface area contributed by atoms with E-state index in [-0.39, 0.29) is 11.3 Å². The third-order valence-electron chi connectivity index (χ3n) is 3.54. The van der Waals surface area contributed by atoms with Gasteiger partial charge in [0.05, 0.1) is 19.8 Å². The summed E-state index contributed by atoms with van der Waals surface area (Å²) in [4.78, 5) is 28.8. The van der Waals surface area contributed by atoms with E-state index in [2.05, 4.69) is 4.98 Å². The van der Waals surface area contributed by atoms with Crippen LogP contribution in [0.4, 0.5) is 0 Å². The number of fused-ring (bicyclic) bond motifs is 1. The topological polar surface area (TPSA) is 69.9 Å². The summed E-state index contributed by atoms with van der Waals surface area (Å²) in [6.07, 6.45) is 3.15. The Morgan fingerprint density at radius 1 is 1.04 bits per heavy atom. The molecule has 0 spiro atoms. The molecule has 6 heteroatoms. The number of carbonyl (C=O) groups is 2. The average Bonchev–Trinajstić information content (AvgIpc) is 3.07. The Balaban J connectivity index is 2.43. The van der Waals surface area contributed by atoms with Gasteiger partial charge in [-0.2, -0.15) is 0 Å². The predicted octanol–water partition coefficient (Wildman–Crippen LogP) is 2.57. The van der Waals surface area contributed by atoms with Crippen LogP contribution in [0.1, 0.15) is 20.8 Å². The first-order valence-electron chi connectivity index (χ1n) is 6.89. The Bertz CT molecular complexity index is 884. The Morgan fingerprint density at radius 3 is 2.39 bits per heavy atom. The van der Waals surface area contributed by atoms with E-state index in [9.17, 15) is 9.59 Å². The van der Waals surface area contributed by atoms with Crippen LogP contribution in [0.5, 0.6) is 0 Å². The number of ether oxygens (including phenoxy) is 2. The lowest BCUT2D eigenvalue weighted by Gasteiger charge is -2.14. The number of hydrogen-bond acceptors (Lipinski definition) is 5. The monoisotopic (exact) mass is 310 g/mol. The van der Waals surface area contributed by atoms with Crippen LogP contribution < -0.4 is 0 Å². The van der Waals surface area contributed by atoms with Crippen molar-refractivity contribution in [3.05, 3.63) is 60.0 Å². The molecule has 0 radical (unpaired) electrons. The predicted molar refractivity (Wildman–Crippen MR) is 83.3 cm³/mol. The van der Waals surface area contributed by atoms with Crippen LogP contribution in [0, 0.1) is 0 Å². The van der Waals surface area contributed by atoms with Gasteiger partial charge in [-0.05, 0) is 11.6 Å². The number of benzene rings is 1. The van der Waals surface area contributed by atoms with Crippen molar-refractivity contribution in [2.45, 2.75) is 0 Å². The second-order valence-corrected chi connectivity index (χ2v) is 4.79. The SMILES string of the molecule is COC(=O)c1c(-c2ccccc2)cc2nccn2c1C(=O)OC. The van der Waals surface area contributed by atoms with E-state index in [1.807, 2.05) is 30.3 Å². The van der Waals surface area contributed by atoms with Gasteiger partial charge in [0.2, 0.25) is 0 Å². The molecule has 3 rings (SSSR count). The first-order valence-corrected chi connectivity index (χ1v) is 6.89. The standard InChI is InChI=1S/C17H14N2O4/c1-22-16(20)14-12(11-6-4-3-5-7-11)10-13-18-8-9-19(13)15(14)17(21)23-2/h3-10H,1-2H3. The van der Waals surface area contributed by atoms with Crippen LogP contribution in [0.15, 0.2) is 48.8 Å². The summed E-state index contributed by atoms with van der Waals surface area (Å²) >= 11 is 0. The van der Waals surface area contributed by atoms with Gasteiger partial charge < -0.3 is 9.47 Å². The molecule has 2 aromatic heterocycles. The van der Waals surface area contributed by atoms with Crippen molar-refractivity contribution in [2.75, 3.05) is 14.2 Å². The van der Waals surface area contributed by atoms with E-state index in [4.69, 9.17) is 9.47 Å². The number of imidazole rings is 1. The highest BCUT2D eigenvalue weighted by Gasteiger charge is 2.26. The first kappa shape index (κ1) is 14.8. The quantitative estimate of drug-likeness (QED) is 0.695. The fraction of sp³-hybridized carbons (Fsp3) is 0.118. The molecule has 0 aliphatic rings.